The maximum Gasteiger partial charge on any atom is 0.269 e. The fraction of sp³-hybridized carbons (Fsp3) is 0.154. The first-order valence-corrected chi connectivity index (χ1v) is 20.7. The molecule has 0 spiro atoms. The van der Waals surface area contributed by atoms with E-state index in [1.54, 1.807) is 49.3 Å². The van der Waals surface area contributed by atoms with E-state index >= 15 is 0 Å². The monoisotopic (exact) mass is 1230 g/mol. The van der Waals surface area contributed by atoms with Gasteiger partial charge in [-0.25, -0.2) is 0 Å². The second-order valence-electron chi connectivity index (χ2n) is 17.2. The normalized spacial score (nSPS) is 11.5. The van der Waals surface area contributed by atoms with E-state index in [-0.39, 0.29) is 53.0 Å². The number of aromatic nitrogens is 10. The molecule has 10 aromatic rings. The zero-order chi connectivity index (χ0) is 44.0. The van der Waals surface area contributed by atoms with Crippen LogP contribution in [0.2, 0.25) is 0 Å². The van der Waals surface area contributed by atoms with Crippen LogP contribution in [0.25, 0.3) is 56.5 Å². The summed E-state index contributed by atoms with van der Waals surface area (Å²) in [4.78, 5) is 27.5. The minimum absolute atomic E-state index is 0. The standard InChI is InChI=1S/C52H40N10O2.2Pt/c1-51(2,3)35-15-17-49(57-27-35)61-33-59(45-11-7-9-13-47(45)61)37-23-41(31-53-29-37)63-39-19-21-55-43(25-39)44-26-40(20-22-56-44)64-42-24-38(30-54-32-42)60-34-62(48-14-10-8-12-46(48)60)50-18-16-36(28-58-50)52(4,5)6;;/h7-22,27-32H,1-6H3;;/q-4;;. The average Bonchev–Trinajstić information content (AvgIpc) is 3.89. The van der Waals surface area contributed by atoms with E-state index in [4.69, 9.17) is 19.4 Å². The van der Waals surface area contributed by atoms with Crippen LogP contribution in [0.4, 0.5) is 0 Å². The molecule has 0 amide bonds. The van der Waals surface area contributed by atoms with Gasteiger partial charge in [-0.1, -0.05) is 115 Å². The number of imidazole rings is 2. The topological polar surface area (TPSA) is 113 Å². The van der Waals surface area contributed by atoms with Crippen molar-refractivity contribution < 1.29 is 60.7 Å². The van der Waals surface area contributed by atoms with Crippen molar-refractivity contribution in [2.75, 3.05) is 0 Å². The van der Waals surface area contributed by atoms with Crippen LogP contribution in [0.5, 0.6) is 23.0 Å². The van der Waals surface area contributed by atoms with Crippen LogP contribution in [0.15, 0.2) is 135 Å². The van der Waals surface area contributed by atoms with Gasteiger partial charge in [0.2, 0.25) is 0 Å². The molecule has 0 atom stereocenters. The van der Waals surface area contributed by atoms with Crippen molar-refractivity contribution in [1.82, 2.24) is 39.0 Å². The maximum absolute atomic E-state index is 6.25. The van der Waals surface area contributed by atoms with E-state index in [0.717, 1.165) is 44.8 Å². The third-order valence-corrected chi connectivity index (χ3v) is 10.6. The summed E-state index contributed by atoms with van der Waals surface area (Å²) in [6.07, 6.45) is 20.6. The number of nitrogens with zero attached hydrogens (tertiary/aromatic N) is 10. The molecule has 2 aromatic carbocycles. The summed E-state index contributed by atoms with van der Waals surface area (Å²) >= 11 is 0. The largest absolute Gasteiger partial charge is 0.509 e. The van der Waals surface area contributed by atoms with Crippen molar-refractivity contribution in [3.05, 3.63) is 183 Å². The summed E-state index contributed by atoms with van der Waals surface area (Å²) in [6, 6.07) is 40.8. The van der Waals surface area contributed by atoms with Gasteiger partial charge in [0.25, 0.3) is 12.7 Å². The Bertz CT molecular complexity index is 3100. The Labute approximate surface area is 411 Å². The molecule has 66 heavy (non-hydrogen) atoms. The first-order valence-electron chi connectivity index (χ1n) is 20.7. The van der Waals surface area contributed by atoms with E-state index in [2.05, 4.69) is 111 Å². The number of pyridine rings is 6. The Hall–Kier alpha value is -6.74. The summed E-state index contributed by atoms with van der Waals surface area (Å²) in [5.41, 5.74) is 8.02. The first-order chi connectivity index (χ1) is 30.9. The van der Waals surface area contributed by atoms with Crippen LogP contribution in [0.1, 0.15) is 52.7 Å². The molecule has 0 saturated heterocycles. The second-order valence-corrected chi connectivity index (χ2v) is 17.2. The molecule has 0 unspecified atom stereocenters. The molecule has 14 heteroatoms. The zero-order valence-electron chi connectivity index (χ0n) is 36.6. The van der Waals surface area contributed by atoms with Gasteiger partial charge >= 0.3 is 0 Å². The Morgan fingerprint density at radius 2 is 0.879 bits per heavy atom. The molecule has 0 aliphatic heterocycles. The van der Waals surface area contributed by atoms with Crippen LogP contribution in [-0.4, -0.2) is 39.0 Å². The van der Waals surface area contributed by atoms with Gasteiger partial charge in [-0.3, -0.25) is 19.1 Å². The number of fused-ring (bicyclic) bond motifs is 2. The fourth-order valence-electron chi connectivity index (χ4n) is 7.14. The van der Waals surface area contributed by atoms with Crippen LogP contribution < -0.4 is 18.6 Å². The number of para-hydroxylation sites is 4. The molecular formula is C52H40N10O2Pt2-4. The first kappa shape index (κ1) is 45.8. The van der Waals surface area contributed by atoms with Gasteiger partial charge in [0.1, 0.15) is 0 Å². The molecule has 0 bridgehead atoms. The molecule has 0 aliphatic rings. The van der Waals surface area contributed by atoms with Crippen LogP contribution >= 0.6 is 0 Å². The second kappa shape index (κ2) is 18.6. The average molecular weight is 1230 g/mol. The van der Waals surface area contributed by atoms with Crippen molar-refractivity contribution in [1.29, 1.82) is 0 Å². The third-order valence-electron chi connectivity index (χ3n) is 10.6. The van der Waals surface area contributed by atoms with E-state index in [1.807, 2.05) is 91.3 Å². The minimum atomic E-state index is -0.0104. The third kappa shape index (κ3) is 9.34. The van der Waals surface area contributed by atoms with Crippen molar-refractivity contribution in [2.24, 2.45) is 0 Å². The maximum atomic E-state index is 6.25. The summed E-state index contributed by atoms with van der Waals surface area (Å²) in [5, 5.41) is 0. The molecule has 334 valence electrons. The quantitative estimate of drug-likeness (QED) is 0.104. The molecular weight excluding hydrogens is 1190 g/mol. The number of hydrogen-bond donors (Lipinski definition) is 0. The molecule has 0 N–H and O–H groups in total. The fourth-order valence-corrected chi connectivity index (χ4v) is 7.14. The van der Waals surface area contributed by atoms with Gasteiger partial charge in [0, 0.05) is 77.5 Å². The Balaban J connectivity index is 0.00000296. The van der Waals surface area contributed by atoms with Crippen LogP contribution in [0, 0.1) is 36.9 Å². The molecule has 0 radical (unpaired) electrons. The van der Waals surface area contributed by atoms with Crippen molar-refractivity contribution in [2.45, 2.75) is 52.4 Å². The summed E-state index contributed by atoms with van der Waals surface area (Å²) in [7, 11) is 0. The van der Waals surface area contributed by atoms with E-state index in [9.17, 15) is 0 Å². The van der Waals surface area contributed by atoms with Crippen LogP contribution in [-0.2, 0) is 53.0 Å². The summed E-state index contributed by atoms with van der Waals surface area (Å²) < 4.78 is 20.2. The number of benzene rings is 2. The van der Waals surface area contributed by atoms with E-state index in [0.29, 0.717) is 45.8 Å². The predicted molar refractivity (Wildman–Crippen MR) is 239 cm³/mol. The number of rotatable bonds is 9. The van der Waals surface area contributed by atoms with Crippen LogP contribution in [0.3, 0.4) is 0 Å². The van der Waals surface area contributed by atoms with E-state index in [1.165, 1.54) is 0 Å². The molecule has 12 nitrogen and oxygen atoms in total. The SMILES string of the molecule is CC(C)(C)c1ccc(-n2[c-][n+](-c3[c-]c(Oc4[c-]c(-c5[c-]c(Oc6[c-]c(-[n+]7[c-]n(-c8ccc(C(C)(C)C)cn8)c8ccccc87)cnc6)ccn5)ncc4)cnc3)c3ccccc32)nc1.[Pt].[Pt]. The van der Waals surface area contributed by atoms with Gasteiger partial charge in [-0.2, -0.15) is 12.1 Å². The van der Waals surface area contributed by atoms with Crippen molar-refractivity contribution in [3.63, 3.8) is 0 Å². The molecule has 0 fully saturated rings. The van der Waals surface area contributed by atoms with E-state index < -0.39 is 0 Å². The summed E-state index contributed by atoms with van der Waals surface area (Å²) in [6.45, 7) is 13.0. The Morgan fingerprint density at radius 1 is 0.455 bits per heavy atom. The van der Waals surface area contributed by atoms with Gasteiger partial charge in [0.15, 0.2) is 11.6 Å². The van der Waals surface area contributed by atoms with Gasteiger partial charge in [-0.15, -0.1) is 35.7 Å². The minimum Gasteiger partial charge on any atom is -0.509 e. The zero-order valence-corrected chi connectivity index (χ0v) is 41.2. The number of hydrogen-bond acceptors (Lipinski definition) is 8. The molecule has 8 aromatic heterocycles. The van der Waals surface area contributed by atoms with Crippen molar-refractivity contribution >= 4 is 22.1 Å². The van der Waals surface area contributed by atoms with Gasteiger partial charge < -0.3 is 38.5 Å². The molecule has 10 rings (SSSR count). The Morgan fingerprint density at radius 3 is 1.27 bits per heavy atom. The molecule has 8 heterocycles. The number of ether oxygens (including phenoxy) is 2. The smallest absolute Gasteiger partial charge is 0.269 e. The molecule has 0 saturated carbocycles. The summed E-state index contributed by atoms with van der Waals surface area (Å²) in [5.74, 6) is 3.03. The Kier molecular flexibility index (Phi) is 12.9. The predicted octanol–water partition coefficient (Wildman–Crippen LogP) is 9.14. The van der Waals surface area contributed by atoms with Gasteiger partial charge in [0.05, 0.1) is 22.1 Å². The molecule has 0 aliphatic carbocycles. The van der Waals surface area contributed by atoms with Gasteiger partial charge in [-0.05, 0) is 70.3 Å². The van der Waals surface area contributed by atoms with Crippen molar-refractivity contribution in [3.8, 4) is 57.4 Å².